The minimum Gasteiger partial charge on any atom is -0.480 e. The van der Waals surface area contributed by atoms with Gasteiger partial charge in [-0.15, -0.1) is 0 Å². The van der Waals surface area contributed by atoms with E-state index in [9.17, 15) is 9.59 Å². The van der Waals surface area contributed by atoms with E-state index in [4.69, 9.17) is 5.11 Å². The van der Waals surface area contributed by atoms with Crippen LogP contribution in [0.15, 0.2) is 18.2 Å². The van der Waals surface area contributed by atoms with Gasteiger partial charge < -0.3 is 10.0 Å². The van der Waals surface area contributed by atoms with Crippen LogP contribution in [-0.2, 0) is 16.1 Å². The summed E-state index contributed by atoms with van der Waals surface area (Å²) in [7, 11) is 1.63. The third-order valence-electron chi connectivity index (χ3n) is 3.32. The van der Waals surface area contributed by atoms with Gasteiger partial charge in [0.25, 0.3) is 0 Å². The fraction of sp³-hybridized carbons (Fsp3) is 0.467. The van der Waals surface area contributed by atoms with Crippen molar-refractivity contribution in [1.29, 1.82) is 0 Å². The number of carbonyl (C=O) groups excluding carboxylic acids is 1. The SMILES string of the molecule is Cc1ccc(CN(C)C(=O)C(C)(C)C(=O)O)c(C)c1. The van der Waals surface area contributed by atoms with E-state index in [2.05, 4.69) is 6.07 Å². The molecule has 1 aromatic rings. The molecule has 1 amide bonds. The molecule has 0 aliphatic carbocycles. The monoisotopic (exact) mass is 263 g/mol. The van der Waals surface area contributed by atoms with E-state index in [1.807, 2.05) is 26.0 Å². The zero-order valence-corrected chi connectivity index (χ0v) is 12.2. The highest BCUT2D eigenvalue weighted by molar-refractivity contribution is 6.00. The van der Waals surface area contributed by atoms with Crippen LogP contribution in [0.1, 0.15) is 30.5 Å². The lowest BCUT2D eigenvalue weighted by atomic mass is 9.91. The van der Waals surface area contributed by atoms with Crippen molar-refractivity contribution in [3.63, 3.8) is 0 Å². The predicted octanol–water partition coefficient (Wildman–Crippen LogP) is 2.37. The highest BCUT2D eigenvalue weighted by Crippen LogP contribution is 2.21. The number of carboxylic acids is 1. The van der Waals surface area contributed by atoms with Gasteiger partial charge in [0, 0.05) is 13.6 Å². The van der Waals surface area contributed by atoms with Crippen LogP contribution in [0, 0.1) is 19.3 Å². The molecule has 0 unspecified atom stereocenters. The first-order chi connectivity index (χ1) is 8.66. The van der Waals surface area contributed by atoms with E-state index in [0.717, 1.165) is 11.1 Å². The fourth-order valence-corrected chi connectivity index (χ4v) is 1.92. The molecule has 4 nitrogen and oxygen atoms in total. The number of carboxylic acid groups (broad SMARTS) is 1. The van der Waals surface area contributed by atoms with Crippen LogP contribution in [-0.4, -0.2) is 28.9 Å². The van der Waals surface area contributed by atoms with Gasteiger partial charge in [0.1, 0.15) is 5.41 Å². The summed E-state index contributed by atoms with van der Waals surface area (Å²) >= 11 is 0. The van der Waals surface area contributed by atoms with Crippen molar-refractivity contribution in [2.24, 2.45) is 5.41 Å². The number of hydrogen-bond acceptors (Lipinski definition) is 2. The van der Waals surface area contributed by atoms with Crippen molar-refractivity contribution in [3.05, 3.63) is 34.9 Å². The Morgan fingerprint density at radius 2 is 1.84 bits per heavy atom. The molecule has 0 spiro atoms. The van der Waals surface area contributed by atoms with E-state index < -0.39 is 11.4 Å². The summed E-state index contributed by atoms with van der Waals surface area (Å²) in [4.78, 5) is 24.7. The molecule has 0 heterocycles. The number of hydrogen-bond donors (Lipinski definition) is 1. The Morgan fingerprint density at radius 3 is 2.32 bits per heavy atom. The maximum Gasteiger partial charge on any atom is 0.318 e. The van der Waals surface area contributed by atoms with Crippen LogP contribution in [0.5, 0.6) is 0 Å². The summed E-state index contributed by atoms with van der Waals surface area (Å²) in [5.74, 6) is -1.50. The van der Waals surface area contributed by atoms with Gasteiger partial charge in [0.05, 0.1) is 0 Å². The van der Waals surface area contributed by atoms with Crippen molar-refractivity contribution in [1.82, 2.24) is 4.90 Å². The van der Waals surface area contributed by atoms with Gasteiger partial charge in [0.15, 0.2) is 0 Å². The van der Waals surface area contributed by atoms with Crippen molar-refractivity contribution in [3.8, 4) is 0 Å². The molecule has 1 aromatic carbocycles. The standard InChI is InChI=1S/C15H21NO3/c1-10-6-7-12(11(2)8-10)9-16(5)13(17)15(3,4)14(18)19/h6-8H,9H2,1-5H3,(H,18,19). The average Bonchev–Trinajstić information content (AvgIpc) is 2.31. The zero-order chi connectivity index (χ0) is 14.8. The molecule has 0 aromatic heterocycles. The third-order valence-corrected chi connectivity index (χ3v) is 3.32. The Kier molecular flexibility index (Phi) is 4.35. The van der Waals surface area contributed by atoms with E-state index in [0.29, 0.717) is 6.54 Å². The molecule has 0 aliphatic heterocycles. The Balaban J connectivity index is 2.88. The number of nitrogens with zero attached hydrogens (tertiary/aromatic N) is 1. The molecular formula is C15H21NO3. The van der Waals surface area contributed by atoms with Crippen molar-refractivity contribution >= 4 is 11.9 Å². The number of aryl methyl sites for hydroxylation is 2. The highest BCUT2D eigenvalue weighted by atomic mass is 16.4. The lowest BCUT2D eigenvalue weighted by molar-refractivity contribution is -0.157. The molecule has 0 bridgehead atoms. The number of amides is 1. The summed E-state index contributed by atoms with van der Waals surface area (Å²) in [5, 5.41) is 9.07. The summed E-state index contributed by atoms with van der Waals surface area (Å²) in [6.07, 6.45) is 0. The summed E-state index contributed by atoms with van der Waals surface area (Å²) in [5.41, 5.74) is 1.91. The number of benzene rings is 1. The highest BCUT2D eigenvalue weighted by Gasteiger charge is 2.38. The second kappa shape index (κ2) is 5.43. The van der Waals surface area contributed by atoms with Crippen molar-refractivity contribution in [2.45, 2.75) is 34.2 Å². The first-order valence-electron chi connectivity index (χ1n) is 6.21. The van der Waals surface area contributed by atoms with Crippen molar-refractivity contribution < 1.29 is 14.7 Å². The zero-order valence-electron chi connectivity index (χ0n) is 12.2. The Hall–Kier alpha value is -1.84. The number of rotatable bonds is 4. The Labute approximate surface area is 114 Å². The number of aliphatic carboxylic acids is 1. The fourth-order valence-electron chi connectivity index (χ4n) is 1.92. The second-order valence-electron chi connectivity index (χ2n) is 5.52. The lowest BCUT2D eigenvalue weighted by Gasteiger charge is -2.26. The molecule has 4 heteroatoms. The van der Waals surface area contributed by atoms with Gasteiger partial charge in [0.2, 0.25) is 5.91 Å². The Bertz CT molecular complexity index is 506. The van der Waals surface area contributed by atoms with E-state index >= 15 is 0 Å². The van der Waals surface area contributed by atoms with Crippen LogP contribution in [0.25, 0.3) is 0 Å². The first-order valence-corrected chi connectivity index (χ1v) is 6.21. The van der Waals surface area contributed by atoms with Gasteiger partial charge in [-0.1, -0.05) is 23.8 Å². The molecule has 0 fully saturated rings. The molecule has 0 aliphatic rings. The maximum absolute atomic E-state index is 12.1. The maximum atomic E-state index is 12.1. The van der Waals surface area contributed by atoms with Gasteiger partial charge in [-0.2, -0.15) is 0 Å². The molecule has 0 atom stereocenters. The molecule has 0 radical (unpaired) electrons. The first kappa shape index (κ1) is 15.2. The summed E-state index contributed by atoms with van der Waals surface area (Å²) < 4.78 is 0. The second-order valence-corrected chi connectivity index (χ2v) is 5.52. The third kappa shape index (κ3) is 3.34. The smallest absolute Gasteiger partial charge is 0.318 e. The molecule has 1 rings (SSSR count). The van der Waals surface area contributed by atoms with Gasteiger partial charge in [-0.3, -0.25) is 9.59 Å². The predicted molar refractivity (Wildman–Crippen MR) is 73.8 cm³/mol. The molecule has 0 saturated heterocycles. The van der Waals surface area contributed by atoms with E-state index in [1.165, 1.54) is 24.3 Å². The number of carbonyl (C=O) groups is 2. The van der Waals surface area contributed by atoms with Crippen LogP contribution < -0.4 is 0 Å². The van der Waals surface area contributed by atoms with E-state index in [1.54, 1.807) is 7.05 Å². The minimum absolute atomic E-state index is 0.389. The van der Waals surface area contributed by atoms with Gasteiger partial charge in [-0.05, 0) is 38.8 Å². The lowest BCUT2D eigenvalue weighted by Crippen LogP contribution is -2.43. The Morgan fingerprint density at radius 1 is 1.26 bits per heavy atom. The van der Waals surface area contributed by atoms with Crippen LogP contribution >= 0.6 is 0 Å². The molecule has 1 N–H and O–H groups in total. The normalized spacial score (nSPS) is 11.2. The molecular weight excluding hydrogens is 242 g/mol. The molecule has 19 heavy (non-hydrogen) atoms. The largest absolute Gasteiger partial charge is 0.480 e. The van der Waals surface area contributed by atoms with Crippen LogP contribution in [0.2, 0.25) is 0 Å². The van der Waals surface area contributed by atoms with Crippen LogP contribution in [0.4, 0.5) is 0 Å². The van der Waals surface area contributed by atoms with E-state index in [-0.39, 0.29) is 5.91 Å². The molecule has 0 saturated carbocycles. The van der Waals surface area contributed by atoms with Gasteiger partial charge >= 0.3 is 5.97 Å². The van der Waals surface area contributed by atoms with Crippen molar-refractivity contribution in [2.75, 3.05) is 7.05 Å². The average molecular weight is 263 g/mol. The van der Waals surface area contributed by atoms with Gasteiger partial charge in [-0.25, -0.2) is 0 Å². The molecule has 104 valence electrons. The van der Waals surface area contributed by atoms with Crippen LogP contribution in [0.3, 0.4) is 0 Å². The summed E-state index contributed by atoms with van der Waals surface area (Å²) in [6, 6.07) is 6.02. The quantitative estimate of drug-likeness (QED) is 0.848. The topological polar surface area (TPSA) is 57.6 Å². The summed E-state index contributed by atoms with van der Waals surface area (Å²) in [6.45, 7) is 7.27. The minimum atomic E-state index is -1.40.